The van der Waals surface area contributed by atoms with Gasteiger partial charge < -0.3 is 5.32 Å². The molecule has 1 rings (SSSR count). The summed E-state index contributed by atoms with van der Waals surface area (Å²) in [6.07, 6.45) is 1.93. The summed E-state index contributed by atoms with van der Waals surface area (Å²) in [5, 5.41) is 3.44. The van der Waals surface area contributed by atoms with Crippen molar-refractivity contribution in [1.82, 2.24) is 5.32 Å². The summed E-state index contributed by atoms with van der Waals surface area (Å²) in [6.45, 7) is 5.17. The van der Waals surface area contributed by atoms with Crippen molar-refractivity contribution in [2.75, 3.05) is 29.6 Å². The standard InChI is InChI=1S/C11H23NO2S2/c1-3-12-11(5-7-15-4-2)10-6-8-16(13,14)9-10/h10-12H,3-9H2,1-2H3. The molecule has 0 saturated carbocycles. The molecule has 3 nitrogen and oxygen atoms in total. The molecule has 1 aliphatic rings. The molecule has 1 fully saturated rings. The van der Waals surface area contributed by atoms with Crippen molar-refractivity contribution < 1.29 is 8.42 Å². The topological polar surface area (TPSA) is 46.2 Å². The summed E-state index contributed by atoms with van der Waals surface area (Å²) in [5.74, 6) is 3.39. The molecule has 0 aromatic rings. The zero-order valence-electron chi connectivity index (χ0n) is 10.2. The monoisotopic (exact) mass is 265 g/mol. The number of hydrogen-bond acceptors (Lipinski definition) is 4. The highest BCUT2D eigenvalue weighted by atomic mass is 32.2. The van der Waals surface area contributed by atoms with Gasteiger partial charge in [-0.2, -0.15) is 11.8 Å². The third-order valence-electron chi connectivity index (χ3n) is 3.08. The predicted molar refractivity (Wildman–Crippen MR) is 71.8 cm³/mol. The van der Waals surface area contributed by atoms with Crippen LogP contribution in [0, 0.1) is 5.92 Å². The summed E-state index contributed by atoms with van der Waals surface area (Å²) in [5.41, 5.74) is 0. The van der Waals surface area contributed by atoms with Crippen molar-refractivity contribution in [3.63, 3.8) is 0 Å². The minimum absolute atomic E-state index is 0.336. The van der Waals surface area contributed by atoms with Gasteiger partial charge in [0.25, 0.3) is 0 Å². The van der Waals surface area contributed by atoms with E-state index < -0.39 is 9.84 Å². The maximum absolute atomic E-state index is 11.4. The van der Waals surface area contributed by atoms with E-state index >= 15 is 0 Å². The van der Waals surface area contributed by atoms with E-state index in [1.165, 1.54) is 0 Å². The normalized spacial score (nSPS) is 25.8. The van der Waals surface area contributed by atoms with Crippen molar-refractivity contribution in [2.24, 2.45) is 5.92 Å². The molecule has 0 radical (unpaired) electrons. The highest BCUT2D eigenvalue weighted by Crippen LogP contribution is 2.24. The van der Waals surface area contributed by atoms with Gasteiger partial charge in [0.05, 0.1) is 11.5 Å². The van der Waals surface area contributed by atoms with E-state index in [1.807, 2.05) is 11.8 Å². The van der Waals surface area contributed by atoms with Gasteiger partial charge in [-0.1, -0.05) is 13.8 Å². The van der Waals surface area contributed by atoms with Gasteiger partial charge in [0.15, 0.2) is 9.84 Å². The fourth-order valence-corrected chi connectivity index (χ4v) is 4.85. The molecule has 1 N–H and O–H groups in total. The first kappa shape index (κ1) is 14.3. The molecule has 16 heavy (non-hydrogen) atoms. The third-order valence-corrected chi connectivity index (χ3v) is 5.81. The SMILES string of the molecule is CCNC(CCSCC)C1CCS(=O)(=O)C1. The Morgan fingerprint density at radius 2 is 2.19 bits per heavy atom. The molecule has 0 aromatic carbocycles. The molecule has 2 atom stereocenters. The lowest BCUT2D eigenvalue weighted by Crippen LogP contribution is -2.37. The number of sulfone groups is 1. The van der Waals surface area contributed by atoms with Crippen molar-refractivity contribution in [2.45, 2.75) is 32.7 Å². The summed E-state index contributed by atoms with van der Waals surface area (Å²) in [7, 11) is -2.74. The second-order valence-corrected chi connectivity index (χ2v) is 7.94. The van der Waals surface area contributed by atoms with Crippen LogP contribution in [-0.4, -0.2) is 44.0 Å². The molecule has 2 unspecified atom stereocenters. The van der Waals surface area contributed by atoms with Gasteiger partial charge in [-0.25, -0.2) is 8.42 Å². The van der Waals surface area contributed by atoms with Crippen LogP contribution in [0.25, 0.3) is 0 Å². The van der Waals surface area contributed by atoms with E-state index in [-0.39, 0.29) is 0 Å². The lowest BCUT2D eigenvalue weighted by Gasteiger charge is -2.23. The summed E-state index contributed by atoms with van der Waals surface area (Å²) < 4.78 is 22.9. The molecule has 0 aromatic heterocycles. The number of rotatable bonds is 7. The first-order chi connectivity index (χ1) is 7.59. The first-order valence-electron chi connectivity index (χ1n) is 6.10. The summed E-state index contributed by atoms with van der Waals surface area (Å²) in [4.78, 5) is 0. The third kappa shape index (κ3) is 4.63. The van der Waals surface area contributed by atoms with Gasteiger partial charge in [-0.15, -0.1) is 0 Å². The Hall–Kier alpha value is 0.260. The van der Waals surface area contributed by atoms with Crippen LogP contribution in [0.15, 0.2) is 0 Å². The Labute approximate surface area is 104 Å². The van der Waals surface area contributed by atoms with Crippen molar-refractivity contribution in [3.05, 3.63) is 0 Å². The molecule has 0 amide bonds. The average Bonchev–Trinajstić information content (AvgIpc) is 2.58. The molecule has 0 spiro atoms. The molecule has 5 heteroatoms. The van der Waals surface area contributed by atoms with Gasteiger partial charge in [0, 0.05) is 6.04 Å². The quantitative estimate of drug-likeness (QED) is 0.709. The molecule has 96 valence electrons. The zero-order chi connectivity index (χ0) is 12.0. The first-order valence-corrected chi connectivity index (χ1v) is 9.08. The molecule has 1 saturated heterocycles. The zero-order valence-corrected chi connectivity index (χ0v) is 11.9. The Kier molecular flexibility index (Phi) is 6.15. The maximum Gasteiger partial charge on any atom is 0.150 e. The molecular weight excluding hydrogens is 242 g/mol. The number of thioether (sulfide) groups is 1. The van der Waals surface area contributed by atoms with Crippen molar-refractivity contribution in [3.8, 4) is 0 Å². The summed E-state index contributed by atoms with van der Waals surface area (Å²) >= 11 is 1.93. The van der Waals surface area contributed by atoms with Gasteiger partial charge in [0.2, 0.25) is 0 Å². The van der Waals surface area contributed by atoms with Gasteiger partial charge in [-0.05, 0) is 36.8 Å². The van der Waals surface area contributed by atoms with Crippen molar-refractivity contribution >= 4 is 21.6 Å². The van der Waals surface area contributed by atoms with E-state index in [1.54, 1.807) is 0 Å². The lowest BCUT2D eigenvalue weighted by molar-refractivity contribution is 0.381. The van der Waals surface area contributed by atoms with Gasteiger partial charge >= 0.3 is 0 Å². The van der Waals surface area contributed by atoms with Crippen LogP contribution in [0.5, 0.6) is 0 Å². The predicted octanol–water partition coefficient (Wildman–Crippen LogP) is 1.54. The minimum atomic E-state index is -2.74. The van der Waals surface area contributed by atoms with Crippen LogP contribution >= 0.6 is 11.8 Å². The van der Waals surface area contributed by atoms with E-state index in [4.69, 9.17) is 0 Å². The molecule has 0 aliphatic carbocycles. The summed E-state index contributed by atoms with van der Waals surface area (Å²) in [6, 6.07) is 0.390. The highest BCUT2D eigenvalue weighted by molar-refractivity contribution is 7.99. The van der Waals surface area contributed by atoms with E-state index in [0.29, 0.717) is 23.5 Å². The van der Waals surface area contributed by atoms with Gasteiger partial charge in [-0.3, -0.25) is 0 Å². The van der Waals surface area contributed by atoms with E-state index in [9.17, 15) is 8.42 Å². The van der Waals surface area contributed by atoms with Crippen LogP contribution in [0.4, 0.5) is 0 Å². The molecular formula is C11H23NO2S2. The highest BCUT2D eigenvalue weighted by Gasteiger charge is 2.32. The fraction of sp³-hybridized carbons (Fsp3) is 1.00. The lowest BCUT2D eigenvalue weighted by atomic mass is 9.97. The Morgan fingerprint density at radius 1 is 1.44 bits per heavy atom. The van der Waals surface area contributed by atoms with E-state index in [2.05, 4.69) is 19.2 Å². The second-order valence-electron chi connectivity index (χ2n) is 4.31. The largest absolute Gasteiger partial charge is 0.314 e. The molecule has 0 bridgehead atoms. The van der Waals surface area contributed by atoms with Crippen LogP contribution in [0.1, 0.15) is 26.7 Å². The number of hydrogen-bond donors (Lipinski definition) is 1. The fourth-order valence-electron chi connectivity index (χ4n) is 2.26. The molecule has 1 heterocycles. The van der Waals surface area contributed by atoms with E-state index in [0.717, 1.165) is 30.9 Å². The van der Waals surface area contributed by atoms with Crippen molar-refractivity contribution in [1.29, 1.82) is 0 Å². The van der Waals surface area contributed by atoms with Crippen LogP contribution < -0.4 is 5.32 Å². The Balaban J connectivity index is 2.43. The number of nitrogens with one attached hydrogen (secondary N) is 1. The van der Waals surface area contributed by atoms with Crippen LogP contribution in [0.2, 0.25) is 0 Å². The van der Waals surface area contributed by atoms with Gasteiger partial charge in [0.1, 0.15) is 0 Å². The maximum atomic E-state index is 11.4. The van der Waals surface area contributed by atoms with Crippen LogP contribution in [0.3, 0.4) is 0 Å². The molecule has 1 aliphatic heterocycles. The second kappa shape index (κ2) is 6.87. The smallest absolute Gasteiger partial charge is 0.150 e. The average molecular weight is 265 g/mol. The Morgan fingerprint density at radius 3 is 2.69 bits per heavy atom. The van der Waals surface area contributed by atoms with Crippen LogP contribution in [-0.2, 0) is 9.84 Å². The minimum Gasteiger partial charge on any atom is -0.314 e. The Bertz CT molecular complexity index is 290.